The summed E-state index contributed by atoms with van der Waals surface area (Å²) in [6.07, 6.45) is 8.07. The van der Waals surface area contributed by atoms with Gasteiger partial charge in [0.2, 0.25) is 0 Å². The maximum Gasteiger partial charge on any atom is 0.123 e. The highest BCUT2D eigenvalue weighted by Crippen LogP contribution is 2.29. The molecule has 21 heavy (non-hydrogen) atoms. The van der Waals surface area contributed by atoms with Crippen molar-refractivity contribution in [3.8, 4) is 5.75 Å². The summed E-state index contributed by atoms with van der Waals surface area (Å²) in [7, 11) is 0. The predicted molar refractivity (Wildman–Crippen MR) is 85.8 cm³/mol. The van der Waals surface area contributed by atoms with E-state index in [1.54, 1.807) is 0 Å². The summed E-state index contributed by atoms with van der Waals surface area (Å²) in [5, 5.41) is 0. The topological polar surface area (TPSA) is 21.7 Å². The van der Waals surface area contributed by atoms with Crippen LogP contribution in [0.2, 0.25) is 0 Å². The van der Waals surface area contributed by atoms with E-state index in [1.165, 1.54) is 30.5 Å². The first-order chi connectivity index (χ1) is 10.4. The molecule has 114 valence electrons. The van der Waals surface area contributed by atoms with Gasteiger partial charge in [0.05, 0.1) is 6.61 Å². The normalized spacial score (nSPS) is 21.5. The van der Waals surface area contributed by atoms with Crippen molar-refractivity contribution >= 4 is 6.08 Å². The van der Waals surface area contributed by atoms with Gasteiger partial charge in [0.1, 0.15) is 18.5 Å². The Morgan fingerprint density at radius 3 is 3.24 bits per heavy atom. The zero-order chi connectivity index (χ0) is 14.5. The smallest absolute Gasteiger partial charge is 0.123 e. The molecule has 1 aliphatic carbocycles. The fourth-order valence-electron chi connectivity index (χ4n) is 3.04. The van der Waals surface area contributed by atoms with E-state index in [2.05, 4.69) is 42.2 Å². The number of ether oxygens (including phenoxy) is 2. The number of fused-ring (bicyclic) bond motifs is 1. The average Bonchev–Trinajstić information content (AvgIpc) is 3.00. The number of benzene rings is 1. The molecule has 0 spiro atoms. The third kappa shape index (κ3) is 3.66. The molecule has 1 aromatic rings. The molecular weight excluding hydrogens is 262 g/mol. The zero-order valence-electron chi connectivity index (χ0n) is 12.9. The van der Waals surface area contributed by atoms with E-state index in [9.17, 15) is 0 Å². The van der Waals surface area contributed by atoms with Crippen molar-refractivity contribution in [1.82, 2.24) is 4.90 Å². The third-order valence-corrected chi connectivity index (χ3v) is 4.26. The summed E-state index contributed by atoms with van der Waals surface area (Å²) in [5.41, 5.74) is 2.61. The van der Waals surface area contributed by atoms with E-state index < -0.39 is 0 Å². The zero-order valence-corrected chi connectivity index (χ0v) is 12.9. The molecule has 0 amide bonds. The van der Waals surface area contributed by atoms with Crippen LogP contribution >= 0.6 is 0 Å². The highest BCUT2D eigenvalue weighted by molar-refractivity contribution is 5.63. The van der Waals surface area contributed by atoms with Crippen LogP contribution in [0.15, 0.2) is 24.3 Å². The molecule has 1 atom stereocenters. The van der Waals surface area contributed by atoms with E-state index in [0.717, 1.165) is 31.9 Å². The van der Waals surface area contributed by atoms with E-state index in [-0.39, 0.29) is 6.10 Å². The largest absolute Gasteiger partial charge is 0.491 e. The van der Waals surface area contributed by atoms with Crippen LogP contribution in [0.25, 0.3) is 6.08 Å². The van der Waals surface area contributed by atoms with Gasteiger partial charge in [0.15, 0.2) is 0 Å². The first-order valence-electron chi connectivity index (χ1n) is 8.12. The number of rotatable bonds is 6. The lowest BCUT2D eigenvalue weighted by Crippen LogP contribution is -2.45. The van der Waals surface area contributed by atoms with Gasteiger partial charge in [-0.1, -0.05) is 37.6 Å². The van der Waals surface area contributed by atoms with Crippen molar-refractivity contribution < 1.29 is 9.47 Å². The molecule has 0 N–H and O–H groups in total. The average molecular weight is 287 g/mol. The number of unbranched alkanes of at least 4 members (excludes halogenated alkanes) is 1. The van der Waals surface area contributed by atoms with Crippen LogP contribution in [0.1, 0.15) is 30.9 Å². The third-order valence-electron chi connectivity index (χ3n) is 4.26. The lowest BCUT2D eigenvalue weighted by molar-refractivity contribution is -0.0482. The molecule has 0 radical (unpaired) electrons. The monoisotopic (exact) mass is 287 g/mol. The first kappa shape index (κ1) is 14.6. The van der Waals surface area contributed by atoms with Crippen molar-refractivity contribution in [3.05, 3.63) is 35.4 Å². The Labute approximate surface area is 127 Å². The van der Waals surface area contributed by atoms with Crippen LogP contribution in [0.4, 0.5) is 0 Å². The summed E-state index contributed by atoms with van der Waals surface area (Å²) < 4.78 is 11.9. The van der Waals surface area contributed by atoms with E-state index >= 15 is 0 Å². The number of allylic oxidation sites excluding steroid dienone is 1. The highest BCUT2D eigenvalue weighted by Gasteiger charge is 2.21. The summed E-state index contributed by atoms with van der Waals surface area (Å²) >= 11 is 0. The van der Waals surface area contributed by atoms with Crippen LogP contribution < -0.4 is 4.74 Å². The molecule has 1 saturated heterocycles. The maximum atomic E-state index is 6.05. The summed E-state index contributed by atoms with van der Waals surface area (Å²) in [5.74, 6) is 1.02. The van der Waals surface area contributed by atoms with E-state index in [0.29, 0.717) is 6.61 Å². The van der Waals surface area contributed by atoms with Crippen molar-refractivity contribution in [2.75, 3.05) is 32.8 Å². The fraction of sp³-hybridized carbons (Fsp3) is 0.556. The quantitative estimate of drug-likeness (QED) is 0.802. The lowest BCUT2D eigenvalue weighted by atomic mass is 10.1. The molecule has 0 aromatic heterocycles. The van der Waals surface area contributed by atoms with Gasteiger partial charge < -0.3 is 9.47 Å². The molecule has 1 aliphatic heterocycles. The van der Waals surface area contributed by atoms with Gasteiger partial charge in [0, 0.05) is 18.7 Å². The van der Waals surface area contributed by atoms with Gasteiger partial charge >= 0.3 is 0 Å². The Kier molecular flexibility index (Phi) is 4.94. The van der Waals surface area contributed by atoms with Crippen LogP contribution in [0, 0.1) is 0 Å². The minimum atomic E-state index is 0.195. The molecule has 1 fully saturated rings. The second-order valence-electron chi connectivity index (χ2n) is 5.89. The second-order valence-corrected chi connectivity index (χ2v) is 5.89. The Balaban J connectivity index is 1.52. The fourth-order valence-corrected chi connectivity index (χ4v) is 3.04. The summed E-state index contributed by atoms with van der Waals surface area (Å²) in [4.78, 5) is 2.50. The maximum absolute atomic E-state index is 6.05. The SMILES string of the molecule is CCCCN1CCOC(COc2cccc3c2CC=C3)C1. The standard InChI is InChI=1S/C18H25NO2/c1-2-3-10-19-11-12-20-16(13-19)14-21-18-9-5-7-15-6-4-8-17(15)18/h4-7,9,16H,2-3,8,10-14H2,1H3. The van der Waals surface area contributed by atoms with Gasteiger partial charge in [-0.25, -0.2) is 0 Å². The van der Waals surface area contributed by atoms with Gasteiger partial charge in [-0.05, 0) is 31.0 Å². The second kappa shape index (κ2) is 7.10. The number of hydrogen-bond donors (Lipinski definition) is 0. The Morgan fingerprint density at radius 2 is 2.33 bits per heavy atom. The summed E-state index contributed by atoms with van der Waals surface area (Å²) in [6.45, 7) is 6.95. The Bertz CT molecular complexity index is 498. The molecule has 1 aromatic carbocycles. The Hall–Kier alpha value is -1.32. The molecule has 1 unspecified atom stereocenters. The van der Waals surface area contributed by atoms with Crippen LogP contribution in [0.3, 0.4) is 0 Å². The molecule has 3 rings (SSSR count). The first-order valence-corrected chi connectivity index (χ1v) is 8.12. The van der Waals surface area contributed by atoms with Gasteiger partial charge in [0.25, 0.3) is 0 Å². The van der Waals surface area contributed by atoms with Crippen LogP contribution in [-0.2, 0) is 11.2 Å². The molecule has 0 saturated carbocycles. The Morgan fingerprint density at radius 1 is 1.38 bits per heavy atom. The van der Waals surface area contributed by atoms with Gasteiger partial charge in [-0.3, -0.25) is 4.90 Å². The molecule has 3 nitrogen and oxygen atoms in total. The van der Waals surface area contributed by atoms with E-state index in [1.807, 2.05) is 0 Å². The van der Waals surface area contributed by atoms with Gasteiger partial charge in [-0.15, -0.1) is 0 Å². The predicted octanol–water partition coefficient (Wildman–Crippen LogP) is 3.14. The van der Waals surface area contributed by atoms with Crippen molar-refractivity contribution in [3.63, 3.8) is 0 Å². The molecular formula is C18H25NO2. The molecule has 3 heteroatoms. The van der Waals surface area contributed by atoms with Crippen LogP contribution in [-0.4, -0.2) is 43.9 Å². The highest BCUT2D eigenvalue weighted by atomic mass is 16.5. The van der Waals surface area contributed by atoms with Crippen LogP contribution in [0.5, 0.6) is 5.75 Å². The van der Waals surface area contributed by atoms with E-state index in [4.69, 9.17) is 9.47 Å². The number of morpholine rings is 1. The minimum Gasteiger partial charge on any atom is -0.491 e. The van der Waals surface area contributed by atoms with Crippen molar-refractivity contribution in [1.29, 1.82) is 0 Å². The number of nitrogens with zero attached hydrogens (tertiary/aromatic N) is 1. The minimum absolute atomic E-state index is 0.195. The molecule has 1 heterocycles. The molecule has 2 aliphatic rings. The number of hydrogen-bond acceptors (Lipinski definition) is 3. The van der Waals surface area contributed by atoms with Crippen molar-refractivity contribution in [2.45, 2.75) is 32.3 Å². The molecule has 0 bridgehead atoms. The summed E-state index contributed by atoms with van der Waals surface area (Å²) in [6, 6.07) is 6.29. The lowest BCUT2D eigenvalue weighted by Gasteiger charge is -2.32. The van der Waals surface area contributed by atoms with Crippen molar-refractivity contribution in [2.24, 2.45) is 0 Å². The van der Waals surface area contributed by atoms with Gasteiger partial charge in [-0.2, -0.15) is 0 Å².